The van der Waals surface area contributed by atoms with E-state index < -0.39 is 0 Å². The summed E-state index contributed by atoms with van der Waals surface area (Å²) >= 11 is 9.96. The number of imide groups is 1. The molecule has 2 aliphatic carbocycles. The largest absolute Gasteiger partial charge is 0.490 e. The van der Waals surface area contributed by atoms with Gasteiger partial charge < -0.3 is 9.47 Å². The number of halogens is 2. The van der Waals surface area contributed by atoms with Crippen molar-refractivity contribution < 1.29 is 19.1 Å². The van der Waals surface area contributed by atoms with E-state index in [2.05, 4.69) is 33.2 Å². The molecule has 1 saturated heterocycles. The summed E-state index contributed by atoms with van der Waals surface area (Å²) in [5.74, 6) is 0.233. The summed E-state index contributed by atoms with van der Waals surface area (Å²) in [6, 6.07) is 1.73. The standard InChI is InChI=1S/C21H22BrClN2O4/c1-4-28-14-8-13(17(22)18(23)19(14)29-10(2)3)9-24-25-20(26)15-11-5-6-12(7-11)16(15)21(25)27/h5-6,8-12,15-16H,4,7H2,1-3H3/t11-,12-,15-,16+/m0/s1. The lowest BCUT2D eigenvalue weighted by Crippen LogP contribution is -2.28. The Morgan fingerprint density at radius 2 is 1.90 bits per heavy atom. The second-order valence-electron chi connectivity index (χ2n) is 7.75. The average Bonchev–Trinajstić information content (AvgIpc) is 3.35. The van der Waals surface area contributed by atoms with Crippen molar-refractivity contribution in [1.82, 2.24) is 5.01 Å². The summed E-state index contributed by atoms with van der Waals surface area (Å²) in [6.07, 6.45) is 6.39. The molecule has 3 aliphatic rings. The fraction of sp³-hybridized carbons (Fsp3) is 0.476. The molecule has 6 nitrogen and oxygen atoms in total. The molecule has 8 heteroatoms. The second-order valence-corrected chi connectivity index (χ2v) is 8.92. The SMILES string of the molecule is CCOc1cc(C=NN2C(=O)[C@@H]3[C@H](C2=O)[C@H]2C=C[C@H]3C2)c(Br)c(Cl)c1OC(C)C. The highest BCUT2D eigenvalue weighted by Gasteiger charge is 2.59. The molecule has 0 unspecified atom stereocenters. The highest BCUT2D eigenvalue weighted by Crippen LogP contribution is 2.52. The van der Waals surface area contributed by atoms with Gasteiger partial charge in [0.1, 0.15) is 5.02 Å². The number of carbonyl (C=O) groups excluding carboxylic acids is 2. The Hall–Kier alpha value is -1.86. The Bertz CT molecular complexity index is 900. The Morgan fingerprint density at radius 3 is 2.45 bits per heavy atom. The number of benzene rings is 1. The van der Waals surface area contributed by atoms with Crippen molar-refractivity contribution in [2.45, 2.75) is 33.3 Å². The van der Waals surface area contributed by atoms with E-state index in [1.807, 2.05) is 20.8 Å². The van der Waals surface area contributed by atoms with Gasteiger partial charge in [-0.15, -0.1) is 0 Å². The summed E-state index contributed by atoms with van der Waals surface area (Å²) in [5, 5.41) is 5.59. The fourth-order valence-electron chi connectivity index (χ4n) is 4.43. The number of rotatable bonds is 6. The number of carbonyl (C=O) groups is 2. The van der Waals surface area contributed by atoms with E-state index in [1.165, 1.54) is 6.21 Å². The number of nitrogens with zero attached hydrogens (tertiary/aromatic N) is 2. The van der Waals surface area contributed by atoms with E-state index in [4.69, 9.17) is 21.1 Å². The number of hydrazone groups is 1. The van der Waals surface area contributed by atoms with E-state index in [1.54, 1.807) is 6.07 Å². The predicted molar refractivity (Wildman–Crippen MR) is 113 cm³/mol. The quantitative estimate of drug-likeness (QED) is 0.342. The number of hydrogen-bond donors (Lipinski definition) is 0. The van der Waals surface area contributed by atoms with Crippen LogP contribution in [0.2, 0.25) is 5.02 Å². The smallest absolute Gasteiger partial charge is 0.254 e. The van der Waals surface area contributed by atoms with Crippen molar-refractivity contribution in [3.05, 3.63) is 33.3 Å². The lowest BCUT2D eigenvalue weighted by atomic mass is 9.85. The number of allylic oxidation sites excluding steroid dienone is 2. The van der Waals surface area contributed by atoms with Gasteiger partial charge in [0.05, 0.1) is 30.8 Å². The molecule has 2 bridgehead atoms. The molecule has 29 heavy (non-hydrogen) atoms. The van der Waals surface area contributed by atoms with Crippen LogP contribution >= 0.6 is 27.5 Å². The molecule has 1 saturated carbocycles. The van der Waals surface area contributed by atoms with Crippen LogP contribution in [0.1, 0.15) is 32.8 Å². The number of ether oxygens (including phenoxy) is 2. The first-order valence-corrected chi connectivity index (χ1v) is 10.9. The third-order valence-electron chi connectivity index (χ3n) is 5.57. The molecule has 1 aromatic rings. The number of hydrogen-bond acceptors (Lipinski definition) is 5. The molecule has 0 radical (unpaired) electrons. The molecular weight excluding hydrogens is 460 g/mol. The Kier molecular flexibility index (Phi) is 5.46. The molecule has 4 atom stereocenters. The van der Waals surface area contributed by atoms with Crippen LogP contribution in [0.25, 0.3) is 0 Å². The van der Waals surface area contributed by atoms with E-state index in [-0.39, 0.29) is 41.6 Å². The van der Waals surface area contributed by atoms with Gasteiger partial charge >= 0.3 is 0 Å². The van der Waals surface area contributed by atoms with E-state index in [9.17, 15) is 9.59 Å². The summed E-state index contributed by atoms with van der Waals surface area (Å²) in [6.45, 7) is 6.11. The third-order valence-corrected chi connectivity index (χ3v) is 7.01. The molecule has 154 valence electrons. The normalized spacial score (nSPS) is 27.6. The van der Waals surface area contributed by atoms with Gasteiger partial charge in [0.15, 0.2) is 11.5 Å². The van der Waals surface area contributed by atoms with Crippen LogP contribution in [-0.2, 0) is 9.59 Å². The molecular formula is C21H22BrClN2O4. The molecule has 1 aromatic carbocycles. The van der Waals surface area contributed by atoms with Crippen molar-refractivity contribution in [3.8, 4) is 11.5 Å². The molecule has 2 fully saturated rings. The van der Waals surface area contributed by atoms with E-state index in [0.29, 0.717) is 33.2 Å². The van der Waals surface area contributed by atoms with Gasteiger partial charge in [0.25, 0.3) is 11.8 Å². The van der Waals surface area contributed by atoms with Gasteiger partial charge in [-0.3, -0.25) is 9.59 Å². The van der Waals surface area contributed by atoms with Crippen LogP contribution in [0.4, 0.5) is 0 Å². The van der Waals surface area contributed by atoms with Crippen molar-refractivity contribution in [3.63, 3.8) is 0 Å². The van der Waals surface area contributed by atoms with Crippen molar-refractivity contribution >= 4 is 45.6 Å². The number of fused-ring (bicyclic) bond motifs is 5. The molecule has 0 spiro atoms. The highest BCUT2D eigenvalue weighted by atomic mass is 79.9. The summed E-state index contributed by atoms with van der Waals surface area (Å²) in [4.78, 5) is 25.6. The van der Waals surface area contributed by atoms with E-state index in [0.717, 1.165) is 11.4 Å². The van der Waals surface area contributed by atoms with Gasteiger partial charge in [0.2, 0.25) is 0 Å². The van der Waals surface area contributed by atoms with Gasteiger partial charge in [-0.1, -0.05) is 23.8 Å². The van der Waals surface area contributed by atoms with Crippen LogP contribution in [0.3, 0.4) is 0 Å². The Morgan fingerprint density at radius 1 is 1.28 bits per heavy atom. The molecule has 0 N–H and O–H groups in total. The molecule has 4 rings (SSSR count). The fourth-order valence-corrected chi connectivity index (χ4v) is 5.07. The summed E-state index contributed by atoms with van der Waals surface area (Å²) in [5.41, 5.74) is 0.591. The van der Waals surface area contributed by atoms with Crippen molar-refractivity contribution in [2.24, 2.45) is 28.8 Å². The first-order valence-electron chi connectivity index (χ1n) is 9.75. The lowest BCUT2D eigenvalue weighted by molar-refractivity contribution is -0.140. The van der Waals surface area contributed by atoms with Crippen molar-refractivity contribution in [2.75, 3.05) is 6.61 Å². The number of amides is 2. The monoisotopic (exact) mass is 480 g/mol. The van der Waals surface area contributed by atoms with E-state index >= 15 is 0 Å². The minimum absolute atomic E-state index is 0.0821. The molecule has 1 aliphatic heterocycles. The maximum absolute atomic E-state index is 12.8. The van der Waals surface area contributed by atoms with Crippen LogP contribution < -0.4 is 9.47 Å². The Labute approximate surface area is 183 Å². The zero-order valence-electron chi connectivity index (χ0n) is 16.4. The van der Waals surface area contributed by atoms with Crippen LogP contribution in [-0.4, -0.2) is 35.7 Å². The maximum atomic E-state index is 12.8. The predicted octanol–water partition coefficient (Wildman–Crippen LogP) is 4.43. The zero-order valence-corrected chi connectivity index (χ0v) is 18.7. The zero-order chi connectivity index (χ0) is 20.9. The summed E-state index contributed by atoms with van der Waals surface area (Å²) < 4.78 is 12.0. The molecule has 2 amide bonds. The lowest BCUT2D eigenvalue weighted by Gasteiger charge is -2.18. The van der Waals surface area contributed by atoms with Gasteiger partial charge in [-0.2, -0.15) is 10.1 Å². The maximum Gasteiger partial charge on any atom is 0.254 e. The highest BCUT2D eigenvalue weighted by molar-refractivity contribution is 9.10. The minimum Gasteiger partial charge on any atom is -0.490 e. The van der Waals surface area contributed by atoms with Gasteiger partial charge in [-0.25, -0.2) is 0 Å². The third kappa shape index (κ3) is 3.38. The first-order chi connectivity index (χ1) is 13.8. The molecule has 0 aromatic heterocycles. The van der Waals surface area contributed by atoms with Crippen molar-refractivity contribution in [1.29, 1.82) is 0 Å². The first kappa shape index (κ1) is 20.4. The van der Waals surface area contributed by atoms with Crippen LogP contribution in [0.5, 0.6) is 11.5 Å². The molecule has 1 heterocycles. The van der Waals surface area contributed by atoms with Gasteiger partial charge in [0, 0.05) is 10.0 Å². The average molecular weight is 482 g/mol. The van der Waals surface area contributed by atoms with Crippen LogP contribution in [0, 0.1) is 23.7 Å². The Balaban J connectivity index is 1.63. The second kappa shape index (κ2) is 7.76. The van der Waals surface area contributed by atoms with Crippen LogP contribution in [0.15, 0.2) is 27.8 Å². The summed E-state index contributed by atoms with van der Waals surface area (Å²) in [7, 11) is 0. The minimum atomic E-state index is -0.275. The topological polar surface area (TPSA) is 68.2 Å². The van der Waals surface area contributed by atoms with Gasteiger partial charge in [-0.05, 0) is 61.0 Å².